The standard InChI is InChI=1S/C19H21OS2/c1-14-8-2-3-9-15(14)20-22-18-12-6-4-10-16(18)21-17-11-5-7-13-19(17)22/h4-7,10-15H,2-3,8-9H2,1H3/q+1/t14-,15+/m1/s1. The van der Waals surface area contributed by atoms with Crippen molar-refractivity contribution in [1.82, 2.24) is 0 Å². The maximum absolute atomic E-state index is 6.71. The number of hydrogen-bond donors (Lipinski definition) is 0. The van der Waals surface area contributed by atoms with Crippen LogP contribution in [-0.4, -0.2) is 6.10 Å². The van der Waals surface area contributed by atoms with Crippen LogP contribution in [0.5, 0.6) is 0 Å². The molecule has 1 aliphatic carbocycles. The number of fused-ring (bicyclic) bond motifs is 2. The van der Waals surface area contributed by atoms with Crippen molar-refractivity contribution in [3.05, 3.63) is 48.5 Å². The van der Waals surface area contributed by atoms with Crippen LogP contribution in [0.2, 0.25) is 0 Å². The molecule has 0 bridgehead atoms. The quantitative estimate of drug-likeness (QED) is 0.654. The molecule has 0 spiro atoms. The molecular formula is C19H21OS2+. The fourth-order valence-corrected chi connectivity index (χ4v) is 6.72. The van der Waals surface area contributed by atoms with Crippen molar-refractivity contribution in [1.29, 1.82) is 0 Å². The summed E-state index contributed by atoms with van der Waals surface area (Å²) in [5.74, 6) is 0.676. The molecule has 0 saturated heterocycles. The Labute approximate surface area is 140 Å². The lowest BCUT2D eigenvalue weighted by Crippen LogP contribution is -2.29. The minimum absolute atomic E-state index is 0.234. The molecule has 114 valence electrons. The summed E-state index contributed by atoms with van der Waals surface area (Å²) in [4.78, 5) is 5.44. The summed E-state index contributed by atoms with van der Waals surface area (Å²) < 4.78 is 6.71. The fraction of sp³-hybridized carbons (Fsp3) is 0.368. The Hall–Kier alpha value is -0.900. The highest BCUT2D eigenvalue weighted by Gasteiger charge is 2.41. The van der Waals surface area contributed by atoms with E-state index in [0.29, 0.717) is 12.0 Å². The first-order valence-corrected chi connectivity index (χ1v) is 10.1. The lowest BCUT2D eigenvalue weighted by Gasteiger charge is -2.28. The summed E-state index contributed by atoms with van der Waals surface area (Å²) >= 11 is 1.64. The van der Waals surface area contributed by atoms with Gasteiger partial charge in [0.25, 0.3) is 0 Å². The molecule has 1 aliphatic heterocycles. The molecule has 1 nitrogen and oxygen atoms in total. The topological polar surface area (TPSA) is 9.23 Å². The first-order valence-electron chi connectivity index (χ1n) is 8.10. The van der Waals surface area contributed by atoms with Gasteiger partial charge in [-0.3, -0.25) is 0 Å². The number of benzene rings is 2. The third-order valence-corrected chi connectivity index (χ3v) is 7.93. The van der Waals surface area contributed by atoms with Crippen molar-refractivity contribution in [2.24, 2.45) is 5.92 Å². The largest absolute Gasteiger partial charge is 0.225 e. The van der Waals surface area contributed by atoms with Crippen LogP contribution in [0.15, 0.2) is 68.1 Å². The first-order chi connectivity index (χ1) is 10.8. The van der Waals surface area contributed by atoms with E-state index in [9.17, 15) is 0 Å². The predicted octanol–water partition coefficient (Wildman–Crippen LogP) is 5.70. The van der Waals surface area contributed by atoms with E-state index in [1.165, 1.54) is 45.3 Å². The molecule has 4 rings (SSSR count). The molecule has 2 atom stereocenters. The average molecular weight is 330 g/mol. The van der Waals surface area contributed by atoms with Gasteiger partial charge >= 0.3 is 0 Å². The second-order valence-electron chi connectivity index (χ2n) is 6.16. The van der Waals surface area contributed by atoms with Gasteiger partial charge in [0.2, 0.25) is 21.0 Å². The second-order valence-corrected chi connectivity index (χ2v) is 8.85. The van der Waals surface area contributed by atoms with Gasteiger partial charge in [-0.2, -0.15) is 4.18 Å². The highest BCUT2D eigenvalue weighted by molar-refractivity contribution is 8.02. The number of rotatable bonds is 2. The van der Waals surface area contributed by atoms with E-state index in [1.54, 1.807) is 0 Å². The smallest absolute Gasteiger partial charge is 0.158 e. The van der Waals surface area contributed by atoms with Crippen LogP contribution in [0.1, 0.15) is 32.6 Å². The fourth-order valence-electron chi connectivity index (χ4n) is 3.26. The van der Waals surface area contributed by atoms with Crippen LogP contribution < -0.4 is 0 Å². The Kier molecular flexibility index (Phi) is 4.21. The zero-order valence-corrected chi connectivity index (χ0v) is 14.5. The maximum atomic E-state index is 6.71. The van der Waals surface area contributed by atoms with Crippen molar-refractivity contribution in [2.75, 3.05) is 0 Å². The van der Waals surface area contributed by atoms with Crippen LogP contribution in [-0.2, 0) is 15.4 Å². The van der Waals surface area contributed by atoms with Crippen LogP contribution in [0, 0.1) is 5.92 Å². The Bertz CT molecular complexity index is 624. The summed E-state index contributed by atoms with van der Waals surface area (Å²) in [7, 11) is 0. The Balaban J connectivity index is 1.71. The van der Waals surface area contributed by atoms with E-state index < -0.39 is 0 Å². The van der Waals surface area contributed by atoms with E-state index in [-0.39, 0.29) is 11.2 Å². The van der Waals surface area contributed by atoms with Crippen LogP contribution in [0.25, 0.3) is 0 Å². The monoisotopic (exact) mass is 329 g/mol. The Morgan fingerprint density at radius 1 is 0.909 bits per heavy atom. The van der Waals surface area contributed by atoms with E-state index >= 15 is 0 Å². The predicted molar refractivity (Wildman–Crippen MR) is 93.4 cm³/mol. The summed E-state index contributed by atoms with van der Waals surface area (Å²) in [5.41, 5.74) is 0. The molecule has 1 fully saturated rings. The lowest BCUT2D eigenvalue weighted by molar-refractivity contribution is 0.120. The van der Waals surface area contributed by atoms with Crippen molar-refractivity contribution < 1.29 is 4.18 Å². The van der Waals surface area contributed by atoms with Gasteiger partial charge in [0.1, 0.15) is 6.10 Å². The highest BCUT2D eigenvalue weighted by Crippen LogP contribution is 2.47. The molecule has 2 aromatic rings. The van der Waals surface area contributed by atoms with Crippen LogP contribution in [0.3, 0.4) is 0 Å². The van der Waals surface area contributed by atoms with Gasteiger partial charge in [0.05, 0.1) is 9.79 Å². The molecule has 1 saturated carbocycles. The average Bonchev–Trinajstić information content (AvgIpc) is 2.56. The van der Waals surface area contributed by atoms with Gasteiger partial charge in [-0.05, 0) is 43.0 Å². The van der Waals surface area contributed by atoms with E-state index in [2.05, 4.69) is 55.5 Å². The molecule has 2 aromatic carbocycles. The molecule has 22 heavy (non-hydrogen) atoms. The van der Waals surface area contributed by atoms with Gasteiger partial charge in [0.15, 0.2) is 0 Å². The van der Waals surface area contributed by atoms with Crippen molar-refractivity contribution in [3.63, 3.8) is 0 Å². The van der Waals surface area contributed by atoms with Gasteiger partial charge < -0.3 is 0 Å². The molecular weight excluding hydrogens is 308 g/mol. The molecule has 0 amide bonds. The normalized spacial score (nSPS) is 24.6. The van der Waals surface area contributed by atoms with Crippen LogP contribution >= 0.6 is 11.8 Å². The van der Waals surface area contributed by atoms with Gasteiger partial charge in [-0.25, -0.2) is 0 Å². The van der Waals surface area contributed by atoms with Gasteiger partial charge in [0, 0.05) is 0 Å². The zero-order chi connectivity index (χ0) is 14.9. The van der Waals surface area contributed by atoms with Gasteiger partial charge in [-0.15, -0.1) is 0 Å². The Morgan fingerprint density at radius 3 is 2.14 bits per heavy atom. The number of hydrogen-bond acceptors (Lipinski definition) is 2. The summed E-state index contributed by atoms with van der Waals surface area (Å²) in [6.45, 7) is 2.35. The third-order valence-electron chi connectivity index (χ3n) is 4.57. The minimum Gasteiger partial charge on any atom is -0.158 e. The summed E-state index contributed by atoms with van der Waals surface area (Å²) in [6, 6.07) is 17.5. The highest BCUT2D eigenvalue weighted by atomic mass is 32.2. The van der Waals surface area contributed by atoms with E-state index in [0.717, 1.165) is 0 Å². The molecule has 3 heteroatoms. The molecule has 0 aromatic heterocycles. The zero-order valence-electron chi connectivity index (χ0n) is 12.8. The van der Waals surface area contributed by atoms with Crippen molar-refractivity contribution >= 4 is 22.9 Å². The molecule has 2 aliphatic rings. The lowest BCUT2D eigenvalue weighted by atomic mass is 9.88. The third kappa shape index (κ3) is 2.70. The van der Waals surface area contributed by atoms with E-state index in [1.807, 2.05) is 11.8 Å². The van der Waals surface area contributed by atoms with Crippen molar-refractivity contribution in [3.8, 4) is 0 Å². The van der Waals surface area contributed by atoms with Crippen LogP contribution in [0.4, 0.5) is 0 Å². The molecule has 0 radical (unpaired) electrons. The molecule has 1 heterocycles. The molecule has 0 unspecified atom stereocenters. The van der Waals surface area contributed by atoms with Crippen molar-refractivity contribution in [2.45, 2.75) is 58.3 Å². The molecule has 0 N–H and O–H groups in total. The van der Waals surface area contributed by atoms with Gasteiger partial charge in [-0.1, -0.05) is 55.8 Å². The minimum atomic E-state index is -0.234. The maximum Gasteiger partial charge on any atom is 0.225 e. The second kappa shape index (κ2) is 6.31. The summed E-state index contributed by atoms with van der Waals surface area (Å²) in [6.07, 6.45) is 5.59. The SMILES string of the molecule is C[C@@H]1CCCC[C@@H]1O[S+]1c2ccccc2Sc2ccccc21. The first kappa shape index (κ1) is 14.7. The van der Waals surface area contributed by atoms with E-state index in [4.69, 9.17) is 4.18 Å². The summed E-state index contributed by atoms with van der Waals surface area (Å²) in [5, 5.41) is 0. The Morgan fingerprint density at radius 2 is 1.50 bits per heavy atom.